The Hall–Kier alpha value is -1.29. The highest BCUT2D eigenvalue weighted by molar-refractivity contribution is 5.52. The first-order valence-corrected chi connectivity index (χ1v) is 5.93. The first-order valence-electron chi connectivity index (χ1n) is 5.93. The van der Waals surface area contributed by atoms with E-state index in [4.69, 9.17) is 5.84 Å². The molecule has 0 fully saturated rings. The molecule has 0 radical (unpaired) electrons. The number of aromatic nitrogens is 1. The topological polar surface area (TPSA) is 63.0 Å². The molecule has 4 heteroatoms. The van der Waals surface area contributed by atoms with Crippen LogP contribution in [0.25, 0.3) is 0 Å². The average Bonchev–Trinajstić information content (AvgIpc) is 2.13. The van der Waals surface area contributed by atoms with E-state index in [1.807, 2.05) is 12.1 Å². The Morgan fingerprint density at radius 2 is 1.88 bits per heavy atom. The van der Waals surface area contributed by atoms with Crippen molar-refractivity contribution in [2.75, 3.05) is 10.7 Å². The Morgan fingerprint density at radius 3 is 2.41 bits per heavy atom. The van der Waals surface area contributed by atoms with Gasteiger partial charge >= 0.3 is 0 Å². The van der Waals surface area contributed by atoms with Gasteiger partial charge in [0.2, 0.25) is 0 Å². The number of pyridine rings is 1. The number of nitrogen functional groups attached to an aromatic ring is 1. The Morgan fingerprint density at radius 1 is 1.24 bits per heavy atom. The highest BCUT2D eigenvalue weighted by atomic mass is 15.2. The second-order valence-corrected chi connectivity index (χ2v) is 6.32. The van der Waals surface area contributed by atoms with Gasteiger partial charge in [-0.1, -0.05) is 20.8 Å². The van der Waals surface area contributed by atoms with Crippen LogP contribution in [0.2, 0.25) is 0 Å². The van der Waals surface area contributed by atoms with E-state index in [0.717, 1.165) is 12.1 Å². The van der Waals surface area contributed by atoms with Crippen molar-refractivity contribution in [2.45, 2.75) is 46.6 Å². The van der Waals surface area contributed by atoms with Crippen LogP contribution in [0.5, 0.6) is 0 Å². The van der Waals surface area contributed by atoms with Crippen molar-refractivity contribution < 1.29 is 0 Å². The first-order chi connectivity index (χ1) is 7.72. The minimum absolute atomic E-state index is 0.0332. The monoisotopic (exact) mass is 236 g/mol. The quantitative estimate of drug-likeness (QED) is 0.555. The summed E-state index contributed by atoms with van der Waals surface area (Å²) in [5, 5.41) is 3.51. The van der Waals surface area contributed by atoms with Gasteiger partial charge in [-0.05, 0) is 31.7 Å². The number of hydrogen-bond acceptors (Lipinski definition) is 4. The van der Waals surface area contributed by atoms with E-state index < -0.39 is 0 Å². The maximum Gasteiger partial charge on any atom is 0.141 e. The fourth-order valence-corrected chi connectivity index (χ4v) is 2.35. The molecule has 0 amide bonds. The van der Waals surface area contributed by atoms with Crippen LogP contribution in [0, 0.1) is 5.41 Å². The normalized spacial score (nSPS) is 12.4. The Bertz CT molecular complexity index is 366. The van der Waals surface area contributed by atoms with Crippen LogP contribution in [0.15, 0.2) is 18.3 Å². The van der Waals surface area contributed by atoms with Gasteiger partial charge in [0.25, 0.3) is 0 Å². The molecule has 4 N–H and O–H groups in total. The fraction of sp³-hybridized carbons (Fsp3) is 0.615. The average molecular weight is 236 g/mol. The number of hydrazine groups is 1. The Labute approximate surface area is 104 Å². The molecule has 0 aliphatic heterocycles. The Kier molecular flexibility index (Phi) is 3.98. The van der Waals surface area contributed by atoms with Crippen molar-refractivity contribution >= 4 is 11.5 Å². The van der Waals surface area contributed by atoms with Crippen molar-refractivity contribution in [3.63, 3.8) is 0 Å². The number of nitrogens with zero attached hydrogens (tertiary/aromatic N) is 1. The van der Waals surface area contributed by atoms with Crippen molar-refractivity contribution in [1.29, 1.82) is 0 Å². The molecule has 0 saturated heterocycles. The molecule has 4 nitrogen and oxygen atoms in total. The maximum absolute atomic E-state index is 5.34. The lowest BCUT2D eigenvalue weighted by molar-refractivity contribution is 0.302. The summed E-state index contributed by atoms with van der Waals surface area (Å²) in [6, 6.07) is 3.86. The summed E-state index contributed by atoms with van der Waals surface area (Å²) in [6.07, 6.45) is 2.82. The summed E-state index contributed by atoms with van der Waals surface area (Å²) in [5.74, 6) is 6.01. The molecule has 0 aliphatic rings. The van der Waals surface area contributed by atoms with Crippen LogP contribution in [0.1, 0.15) is 41.0 Å². The first kappa shape index (κ1) is 13.8. The summed E-state index contributed by atoms with van der Waals surface area (Å²) in [4.78, 5) is 4.09. The smallest absolute Gasteiger partial charge is 0.141 e. The highest BCUT2D eigenvalue weighted by Gasteiger charge is 2.25. The molecule has 0 saturated carbocycles. The Balaban J connectivity index is 2.75. The van der Waals surface area contributed by atoms with Crippen molar-refractivity contribution in [1.82, 2.24) is 4.98 Å². The van der Waals surface area contributed by atoms with Gasteiger partial charge in [-0.2, -0.15) is 0 Å². The van der Waals surface area contributed by atoms with Gasteiger partial charge in [-0.3, -0.25) is 0 Å². The summed E-state index contributed by atoms with van der Waals surface area (Å²) < 4.78 is 0. The van der Waals surface area contributed by atoms with Crippen LogP contribution in [-0.4, -0.2) is 10.5 Å². The number of nitrogens with two attached hydrogens (primary N) is 1. The molecule has 0 unspecified atom stereocenters. The SMILES string of the molecule is CC(C)(C)CC(C)(C)Nc1ccnc(NN)c1. The van der Waals surface area contributed by atoms with E-state index in [1.165, 1.54) is 0 Å². The van der Waals surface area contributed by atoms with E-state index in [9.17, 15) is 0 Å². The molecule has 17 heavy (non-hydrogen) atoms. The van der Waals surface area contributed by atoms with E-state index in [0.29, 0.717) is 11.2 Å². The van der Waals surface area contributed by atoms with E-state index >= 15 is 0 Å². The highest BCUT2D eigenvalue weighted by Crippen LogP contribution is 2.29. The predicted molar refractivity (Wildman–Crippen MR) is 73.8 cm³/mol. The molecule has 0 aromatic carbocycles. The summed E-state index contributed by atoms with van der Waals surface area (Å²) in [7, 11) is 0. The molecule has 1 rings (SSSR count). The fourth-order valence-electron chi connectivity index (χ4n) is 2.35. The van der Waals surface area contributed by atoms with Crippen LogP contribution in [0.4, 0.5) is 11.5 Å². The van der Waals surface area contributed by atoms with Crippen LogP contribution < -0.4 is 16.6 Å². The molecule has 0 aliphatic carbocycles. The van der Waals surface area contributed by atoms with Gasteiger partial charge in [0, 0.05) is 23.5 Å². The number of anilines is 2. The minimum atomic E-state index is 0.0332. The molecule has 96 valence electrons. The lowest BCUT2D eigenvalue weighted by atomic mass is 9.81. The number of nitrogens with one attached hydrogen (secondary N) is 2. The van der Waals surface area contributed by atoms with Crippen molar-refractivity contribution in [3.05, 3.63) is 18.3 Å². The predicted octanol–water partition coefficient (Wildman–Crippen LogP) is 2.99. The third-order valence-electron chi connectivity index (χ3n) is 2.36. The second-order valence-electron chi connectivity index (χ2n) is 6.32. The maximum atomic E-state index is 5.34. The van der Waals surface area contributed by atoms with Crippen LogP contribution in [0.3, 0.4) is 0 Å². The van der Waals surface area contributed by atoms with Crippen molar-refractivity contribution in [2.24, 2.45) is 11.3 Å². The van der Waals surface area contributed by atoms with Crippen LogP contribution in [-0.2, 0) is 0 Å². The van der Waals surface area contributed by atoms with E-state index in [-0.39, 0.29) is 5.54 Å². The number of rotatable bonds is 4. The second kappa shape index (κ2) is 4.92. The zero-order valence-corrected chi connectivity index (χ0v) is 11.5. The molecule has 1 aromatic rings. The minimum Gasteiger partial charge on any atom is -0.380 e. The summed E-state index contributed by atoms with van der Waals surface area (Å²) >= 11 is 0. The molecule has 0 bridgehead atoms. The van der Waals surface area contributed by atoms with Gasteiger partial charge in [0.15, 0.2) is 0 Å². The van der Waals surface area contributed by atoms with Crippen molar-refractivity contribution in [3.8, 4) is 0 Å². The molecular weight excluding hydrogens is 212 g/mol. The lowest BCUT2D eigenvalue weighted by Gasteiger charge is -2.34. The van der Waals surface area contributed by atoms with Gasteiger partial charge in [0.1, 0.15) is 5.82 Å². The largest absolute Gasteiger partial charge is 0.380 e. The third kappa shape index (κ3) is 5.04. The zero-order valence-electron chi connectivity index (χ0n) is 11.5. The standard InChI is InChI=1S/C13H24N4/c1-12(2,3)9-13(4,5)16-10-6-7-15-11(8-10)17-14/h6-8H,9,14H2,1-5H3,(H2,15,16,17). The summed E-state index contributed by atoms with van der Waals surface area (Å²) in [6.45, 7) is 11.1. The summed E-state index contributed by atoms with van der Waals surface area (Å²) in [5.41, 5.74) is 3.90. The molecular formula is C13H24N4. The lowest BCUT2D eigenvalue weighted by Crippen LogP contribution is -2.35. The van der Waals surface area contributed by atoms with Gasteiger partial charge in [0.05, 0.1) is 0 Å². The molecule has 0 atom stereocenters. The zero-order chi connectivity index (χ0) is 13.1. The van der Waals surface area contributed by atoms with Gasteiger partial charge in [-0.25, -0.2) is 10.8 Å². The number of hydrogen-bond donors (Lipinski definition) is 3. The molecule has 1 heterocycles. The van der Waals surface area contributed by atoms with Crippen LogP contribution >= 0.6 is 0 Å². The van der Waals surface area contributed by atoms with Gasteiger partial charge < -0.3 is 10.7 Å². The van der Waals surface area contributed by atoms with E-state index in [1.54, 1.807) is 6.20 Å². The third-order valence-corrected chi connectivity index (χ3v) is 2.36. The van der Waals surface area contributed by atoms with E-state index in [2.05, 4.69) is 50.3 Å². The van der Waals surface area contributed by atoms with Gasteiger partial charge in [-0.15, -0.1) is 0 Å². The molecule has 0 spiro atoms. The molecule has 1 aromatic heterocycles.